The number of hydrogen-bond acceptors (Lipinski definition) is 3. The molecule has 0 aliphatic heterocycles. The summed E-state index contributed by atoms with van der Waals surface area (Å²) in [5.74, 6) is -0.130. The zero-order valence-corrected chi connectivity index (χ0v) is 18.5. The van der Waals surface area contributed by atoms with Crippen molar-refractivity contribution in [3.8, 4) is 5.75 Å². The molecule has 0 spiro atoms. The van der Waals surface area contributed by atoms with Gasteiger partial charge >= 0.3 is 0 Å². The second-order valence-electron chi connectivity index (χ2n) is 7.85. The van der Waals surface area contributed by atoms with Crippen molar-refractivity contribution in [1.82, 2.24) is 10.6 Å². The van der Waals surface area contributed by atoms with Crippen LogP contribution in [0.15, 0.2) is 97.1 Å². The first-order valence-electron chi connectivity index (χ1n) is 10.9. The average Bonchev–Trinajstić information content (AvgIpc) is 2.86. The summed E-state index contributed by atoms with van der Waals surface area (Å²) in [7, 11) is 0. The predicted octanol–water partition coefficient (Wildman–Crippen LogP) is 5.03. The summed E-state index contributed by atoms with van der Waals surface area (Å²) in [5.41, 5.74) is 2.41. The number of fused-ring (bicyclic) bond motifs is 1. The van der Waals surface area contributed by atoms with E-state index < -0.39 is 0 Å². The second-order valence-corrected chi connectivity index (χ2v) is 7.85. The average molecular weight is 439 g/mol. The summed E-state index contributed by atoms with van der Waals surface area (Å²) in [6, 6.07) is 30.6. The van der Waals surface area contributed by atoms with Crippen LogP contribution in [0.25, 0.3) is 10.8 Å². The summed E-state index contributed by atoms with van der Waals surface area (Å²) in [4.78, 5) is 25.5. The van der Waals surface area contributed by atoms with Crippen molar-refractivity contribution >= 4 is 22.6 Å². The third kappa shape index (κ3) is 5.77. The van der Waals surface area contributed by atoms with E-state index in [0.717, 1.165) is 21.9 Å². The van der Waals surface area contributed by atoms with Gasteiger partial charge in [-0.15, -0.1) is 0 Å². The maximum atomic E-state index is 13.0. The fourth-order valence-electron chi connectivity index (χ4n) is 3.64. The molecule has 0 aliphatic rings. The van der Waals surface area contributed by atoms with E-state index in [4.69, 9.17) is 4.74 Å². The minimum absolute atomic E-state index is 0.146. The Hall–Kier alpha value is -4.12. The highest BCUT2D eigenvalue weighted by Gasteiger charge is 2.16. The lowest BCUT2D eigenvalue weighted by atomic mass is 10.1. The van der Waals surface area contributed by atoms with Gasteiger partial charge in [0.1, 0.15) is 5.75 Å². The summed E-state index contributed by atoms with van der Waals surface area (Å²) in [5, 5.41) is 7.74. The molecule has 1 atom stereocenters. The van der Waals surface area contributed by atoms with Crippen LogP contribution in [0, 0.1) is 0 Å². The minimum Gasteiger partial charge on any atom is -0.483 e. The Morgan fingerprint density at radius 2 is 1.42 bits per heavy atom. The molecule has 0 saturated carbocycles. The van der Waals surface area contributed by atoms with Gasteiger partial charge in [-0.05, 0) is 41.0 Å². The first-order valence-corrected chi connectivity index (χ1v) is 10.9. The van der Waals surface area contributed by atoms with Crippen molar-refractivity contribution in [3.63, 3.8) is 0 Å². The maximum absolute atomic E-state index is 13.0. The van der Waals surface area contributed by atoms with E-state index >= 15 is 0 Å². The molecule has 5 nitrogen and oxygen atoms in total. The number of rotatable bonds is 8. The molecule has 2 amide bonds. The lowest BCUT2D eigenvalue weighted by Gasteiger charge is -2.16. The quantitative estimate of drug-likeness (QED) is 0.406. The third-order valence-electron chi connectivity index (χ3n) is 5.42. The summed E-state index contributed by atoms with van der Waals surface area (Å²) < 4.78 is 5.84. The highest BCUT2D eigenvalue weighted by atomic mass is 16.5. The van der Waals surface area contributed by atoms with Gasteiger partial charge in [0.25, 0.3) is 11.8 Å². The summed E-state index contributed by atoms with van der Waals surface area (Å²) in [6.45, 7) is 2.14. The highest BCUT2D eigenvalue weighted by molar-refractivity contribution is 6.01. The Morgan fingerprint density at radius 3 is 2.12 bits per heavy atom. The van der Waals surface area contributed by atoms with Gasteiger partial charge in [-0.3, -0.25) is 9.59 Å². The van der Waals surface area contributed by atoms with Crippen LogP contribution in [0.4, 0.5) is 0 Å². The molecular weight excluding hydrogens is 412 g/mol. The van der Waals surface area contributed by atoms with Gasteiger partial charge in [-0.1, -0.05) is 84.9 Å². The Balaban J connectivity index is 1.48. The summed E-state index contributed by atoms with van der Waals surface area (Å²) in [6.07, 6.45) is 0. The Morgan fingerprint density at radius 1 is 0.818 bits per heavy atom. The van der Waals surface area contributed by atoms with Crippen LogP contribution < -0.4 is 15.4 Å². The number of amides is 2. The van der Waals surface area contributed by atoms with E-state index in [1.165, 1.54) is 0 Å². The first kappa shape index (κ1) is 22.1. The molecular formula is C28H26N2O3. The lowest BCUT2D eigenvalue weighted by Crippen LogP contribution is -2.31. The van der Waals surface area contributed by atoms with Crippen molar-refractivity contribution in [2.24, 2.45) is 0 Å². The Kier molecular flexibility index (Phi) is 7.00. The van der Waals surface area contributed by atoms with E-state index in [1.54, 1.807) is 12.1 Å². The van der Waals surface area contributed by atoms with Crippen LogP contribution in [0.2, 0.25) is 0 Å². The van der Waals surface area contributed by atoms with Crippen LogP contribution in [-0.4, -0.2) is 18.4 Å². The van der Waals surface area contributed by atoms with Gasteiger partial charge in [-0.25, -0.2) is 0 Å². The third-order valence-corrected chi connectivity index (χ3v) is 5.42. The molecule has 5 heteroatoms. The van der Waals surface area contributed by atoms with Crippen molar-refractivity contribution in [2.75, 3.05) is 6.61 Å². The normalized spacial score (nSPS) is 11.5. The number of ether oxygens (including phenoxy) is 1. The van der Waals surface area contributed by atoms with Gasteiger partial charge in [0.2, 0.25) is 0 Å². The van der Waals surface area contributed by atoms with E-state index in [-0.39, 0.29) is 24.5 Å². The molecule has 0 aliphatic carbocycles. The van der Waals surface area contributed by atoms with E-state index in [9.17, 15) is 9.59 Å². The molecule has 0 saturated heterocycles. The molecule has 166 valence electrons. The standard InChI is InChI=1S/C28H26N2O3/c1-20(22-12-6-3-7-13-22)30-27(31)19-33-26-17-24-15-9-8-14-23(24)16-25(26)28(32)29-18-21-10-4-2-5-11-21/h2-17,20H,18-19H2,1H3,(H,29,32)(H,30,31). The number of carbonyl (C=O) groups excluding carboxylic acids is 2. The molecule has 4 aromatic carbocycles. The van der Waals surface area contributed by atoms with Gasteiger partial charge in [0.15, 0.2) is 6.61 Å². The van der Waals surface area contributed by atoms with Crippen molar-refractivity contribution in [3.05, 3.63) is 114 Å². The number of carbonyl (C=O) groups is 2. The fourth-order valence-corrected chi connectivity index (χ4v) is 3.64. The predicted molar refractivity (Wildman–Crippen MR) is 130 cm³/mol. The molecule has 4 rings (SSSR count). The number of nitrogens with one attached hydrogen (secondary N) is 2. The molecule has 0 bridgehead atoms. The largest absolute Gasteiger partial charge is 0.483 e. The van der Waals surface area contributed by atoms with Crippen molar-refractivity contribution in [2.45, 2.75) is 19.5 Å². The molecule has 0 aromatic heterocycles. The number of hydrogen-bond donors (Lipinski definition) is 2. The SMILES string of the molecule is CC(NC(=O)COc1cc2ccccc2cc1C(=O)NCc1ccccc1)c1ccccc1. The smallest absolute Gasteiger partial charge is 0.258 e. The van der Waals surface area contributed by atoms with Gasteiger partial charge in [0, 0.05) is 6.54 Å². The van der Waals surface area contributed by atoms with E-state index in [2.05, 4.69) is 10.6 Å². The molecule has 4 aromatic rings. The van der Waals surface area contributed by atoms with Crippen LogP contribution in [-0.2, 0) is 11.3 Å². The second kappa shape index (κ2) is 10.5. The van der Waals surface area contributed by atoms with Crippen LogP contribution in [0.1, 0.15) is 34.5 Å². The fraction of sp³-hybridized carbons (Fsp3) is 0.143. The molecule has 0 heterocycles. The number of benzene rings is 4. The van der Waals surface area contributed by atoms with Crippen molar-refractivity contribution in [1.29, 1.82) is 0 Å². The minimum atomic E-state index is -0.254. The van der Waals surface area contributed by atoms with Gasteiger partial charge in [-0.2, -0.15) is 0 Å². The van der Waals surface area contributed by atoms with Crippen molar-refractivity contribution < 1.29 is 14.3 Å². The zero-order valence-electron chi connectivity index (χ0n) is 18.5. The molecule has 33 heavy (non-hydrogen) atoms. The summed E-state index contributed by atoms with van der Waals surface area (Å²) >= 11 is 0. The topological polar surface area (TPSA) is 67.4 Å². The molecule has 2 N–H and O–H groups in total. The van der Waals surface area contributed by atoms with Gasteiger partial charge in [0.05, 0.1) is 11.6 Å². The molecule has 0 fully saturated rings. The van der Waals surface area contributed by atoms with Crippen LogP contribution in [0.5, 0.6) is 5.75 Å². The van der Waals surface area contributed by atoms with E-state index in [0.29, 0.717) is 17.9 Å². The Labute approximate surface area is 193 Å². The molecule has 1 unspecified atom stereocenters. The monoisotopic (exact) mass is 438 g/mol. The van der Waals surface area contributed by atoms with E-state index in [1.807, 2.05) is 91.9 Å². The highest BCUT2D eigenvalue weighted by Crippen LogP contribution is 2.26. The zero-order chi connectivity index (χ0) is 23.0. The maximum Gasteiger partial charge on any atom is 0.258 e. The molecule has 0 radical (unpaired) electrons. The lowest BCUT2D eigenvalue weighted by molar-refractivity contribution is -0.123. The van der Waals surface area contributed by atoms with Gasteiger partial charge < -0.3 is 15.4 Å². The van der Waals surface area contributed by atoms with Crippen LogP contribution >= 0.6 is 0 Å². The first-order chi connectivity index (χ1) is 16.1. The van der Waals surface area contributed by atoms with Crippen LogP contribution in [0.3, 0.4) is 0 Å². The Bertz CT molecular complexity index is 1240.